The van der Waals surface area contributed by atoms with Gasteiger partial charge in [-0.2, -0.15) is 5.10 Å². The maximum absolute atomic E-state index is 6.32. The topological polar surface area (TPSA) is 37.7 Å². The van der Waals surface area contributed by atoms with Crippen molar-refractivity contribution in [2.75, 3.05) is 0 Å². The van der Waals surface area contributed by atoms with Crippen molar-refractivity contribution in [2.24, 2.45) is 5.10 Å². The van der Waals surface area contributed by atoms with Crippen molar-refractivity contribution in [3.05, 3.63) is 94.2 Å². The first-order chi connectivity index (χ1) is 12.8. The van der Waals surface area contributed by atoms with Crippen LogP contribution in [-0.4, -0.2) is 15.7 Å². The molecule has 2 atom stereocenters. The van der Waals surface area contributed by atoms with Crippen LogP contribution in [-0.2, 0) is 0 Å². The Labute approximate surface area is 160 Å². The summed E-state index contributed by atoms with van der Waals surface area (Å²) in [4.78, 5) is 4.13. The van der Waals surface area contributed by atoms with E-state index in [0.717, 1.165) is 33.5 Å². The van der Waals surface area contributed by atoms with Crippen molar-refractivity contribution in [1.29, 1.82) is 0 Å². The predicted octanol–water partition coefficient (Wildman–Crippen LogP) is 5.09. The zero-order valence-electron chi connectivity index (χ0n) is 13.9. The average molecular weight is 406 g/mol. The fraction of sp³-hybridized carbons (Fsp3) is 0.143. The summed E-state index contributed by atoms with van der Waals surface area (Å²) in [5.74, 6) is 0.933. The normalized spacial score (nSPS) is 20.8. The lowest BCUT2D eigenvalue weighted by molar-refractivity contribution is -0.0190. The molecule has 3 heterocycles. The van der Waals surface area contributed by atoms with Gasteiger partial charge in [0.15, 0.2) is 0 Å². The van der Waals surface area contributed by atoms with E-state index in [1.54, 1.807) is 12.4 Å². The Morgan fingerprint density at radius 1 is 0.962 bits per heavy atom. The van der Waals surface area contributed by atoms with Gasteiger partial charge in [-0.05, 0) is 35.9 Å². The van der Waals surface area contributed by atoms with E-state index in [4.69, 9.17) is 9.84 Å². The Kier molecular flexibility index (Phi) is 3.75. The van der Waals surface area contributed by atoms with Crippen LogP contribution in [0.3, 0.4) is 0 Å². The lowest BCUT2D eigenvalue weighted by atomic mass is 9.96. The lowest BCUT2D eigenvalue weighted by Gasteiger charge is -2.38. The van der Waals surface area contributed by atoms with Crippen LogP contribution in [0.4, 0.5) is 0 Å². The van der Waals surface area contributed by atoms with Gasteiger partial charge in [0.25, 0.3) is 0 Å². The summed E-state index contributed by atoms with van der Waals surface area (Å²) in [6, 6.07) is 20.7. The number of ether oxygens (including phenoxy) is 1. The summed E-state index contributed by atoms with van der Waals surface area (Å²) < 4.78 is 7.39. The SMILES string of the molecule is Brc1ccc(C2=NN3[C@@H](c4ccncc4)Oc4ccccc4[C@@H]3C2)cc1. The van der Waals surface area contributed by atoms with E-state index < -0.39 is 0 Å². The molecule has 0 fully saturated rings. The maximum atomic E-state index is 6.32. The Balaban J connectivity index is 1.59. The van der Waals surface area contributed by atoms with Crippen molar-refractivity contribution >= 4 is 21.6 Å². The van der Waals surface area contributed by atoms with Gasteiger partial charge in [0.1, 0.15) is 5.75 Å². The molecular formula is C21H16BrN3O. The molecule has 5 heteroatoms. The lowest BCUT2D eigenvalue weighted by Crippen LogP contribution is -2.33. The summed E-state index contributed by atoms with van der Waals surface area (Å²) >= 11 is 3.50. The van der Waals surface area contributed by atoms with Gasteiger partial charge in [-0.3, -0.25) is 4.98 Å². The summed E-state index contributed by atoms with van der Waals surface area (Å²) in [6.45, 7) is 0. The van der Waals surface area contributed by atoms with Crippen molar-refractivity contribution < 1.29 is 4.74 Å². The molecule has 2 aliphatic rings. The molecule has 0 amide bonds. The molecule has 0 spiro atoms. The van der Waals surface area contributed by atoms with Gasteiger partial charge in [-0.15, -0.1) is 0 Å². The van der Waals surface area contributed by atoms with Gasteiger partial charge < -0.3 is 4.74 Å². The van der Waals surface area contributed by atoms with Gasteiger partial charge in [0.2, 0.25) is 6.23 Å². The predicted molar refractivity (Wildman–Crippen MR) is 104 cm³/mol. The summed E-state index contributed by atoms with van der Waals surface area (Å²) in [7, 11) is 0. The van der Waals surface area contributed by atoms with Gasteiger partial charge in [-0.25, -0.2) is 5.01 Å². The maximum Gasteiger partial charge on any atom is 0.213 e. The second-order valence-electron chi connectivity index (χ2n) is 6.44. The fourth-order valence-corrected chi connectivity index (χ4v) is 3.86. The van der Waals surface area contributed by atoms with E-state index in [1.165, 1.54) is 5.56 Å². The molecule has 0 saturated heterocycles. The monoisotopic (exact) mass is 405 g/mol. The minimum absolute atomic E-state index is 0.178. The molecule has 0 bridgehead atoms. The quantitative estimate of drug-likeness (QED) is 0.595. The van der Waals surface area contributed by atoms with E-state index in [2.05, 4.69) is 62.3 Å². The molecule has 5 rings (SSSR count). The Hall–Kier alpha value is -2.66. The number of aromatic nitrogens is 1. The largest absolute Gasteiger partial charge is 0.464 e. The minimum atomic E-state index is -0.245. The third-order valence-corrected chi connectivity index (χ3v) is 5.40. The van der Waals surface area contributed by atoms with E-state index in [-0.39, 0.29) is 12.3 Å². The van der Waals surface area contributed by atoms with Crippen molar-refractivity contribution in [3.63, 3.8) is 0 Å². The summed E-state index contributed by atoms with van der Waals surface area (Å²) in [5.41, 5.74) is 4.48. The highest BCUT2D eigenvalue weighted by atomic mass is 79.9. The molecule has 0 radical (unpaired) electrons. The highest BCUT2D eigenvalue weighted by Crippen LogP contribution is 2.47. The molecular weight excluding hydrogens is 390 g/mol. The van der Waals surface area contributed by atoms with Crippen molar-refractivity contribution in [3.8, 4) is 5.75 Å². The van der Waals surface area contributed by atoms with Gasteiger partial charge in [0.05, 0.1) is 11.8 Å². The Morgan fingerprint density at radius 3 is 2.54 bits per heavy atom. The number of halogens is 1. The van der Waals surface area contributed by atoms with Crippen LogP contribution in [0.25, 0.3) is 0 Å². The third-order valence-electron chi connectivity index (χ3n) is 4.87. The van der Waals surface area contributed by atoms with E-state index in [0.29, 0.717) is 0 Å². The van der Waals surface area contributed by atoms with Crippen molar-refractivity contribution in [2.45, 2.75) is 18.7 Å². The van der Waals surface area contributed by atoms with Crippen LogP contribution in [0.1, 0.15) is 35.4 Å². The molecule has 0 aliphatic carbocycles. The minimum Gasteiger partial charge on any atom is -0.464 e. The molecule has 0 N–H and O–H groups in total. The summed E-state index contributed by atoms with van der Waals surface area (Å²) in [5, 5.41) is 7.05. The van der Waals surface area contributed by atoms with E-state index in [9.17, 15) is 0 Å². The Bertz CT molecular complexity index is 972. The molecule has 1 aromatic heterocycles. The molecule has 128 valence electrons. The first kappa shape index (κ1) is 15.6. The first-order valence-corrected chi connectivity index (χ1v) is 9.36. The molecule has 26 heavy (non-hydrogen) atoms. The number of benzene rings is 2. The second kappa shape index (κ2) is 6.25. The number of rotatable bonds is 2. The van der Waals surface area contributed by atoms with Crippen molar-refractivity contribution in [1.82, 2.24) is 9.99 Å². The van der Waals surface area contributed by atoms with E-state index in [1.807, 2.05) is 24.3 Å². The number of para-hydroxylation sites is 1. The average Bonchev–Trinajstić information content (AvgIpc) is 3.14. The smallest absolute Gasteiger partial charge is 0.213 e. The number of nitrogens with zero attached hydrogens (tertiary/aromatic N) is 3. The molecule has 0 saturated carbocycles. The van der Waals surface area contributed by atoms with Crippen LogP contribution in [0.2, 0.25) is 0 Å². The zero-order valence-corrected chi connectivity index (χ0v) is 15.5. The summed E-state index contributed by atoms with van der Waals surface area (Å²) in [6.07, 6.45) is 4.21. The van der Waals surface area contributed by atoms with Crippen LogP contribution in [0, 0.1) is 0 Å². The van der Waals surface area contributed by atoms with Gasteiger partial charge in [0, 0.05) is 34.4 Å². The number of hydrogen-bond acceptors (Lipinski definition) is 4. The number of hydrazone groups is 1. The van der Waals surface area contributed by atoms with E-state index >= 15 is 0 Å². The fourth-order valence-electron chi connectivity index (χ4n) is 3.60. The molecule has 2 aliphatic heterocycles. The molecule has 0 unspecified atom stereocenters. The van der Waals surface area contributed by atoms with Crippen LogP contribution in [0.5, 0.6) is 5.75 Å². The number of pyridine rings is 1. The molecule has 3 aromatic rings. The van der Waals surface area contributed by atoms with Crippen LogP contribution >= 0.6 is 15.9 Å². The number of hydrogen-bond donors (Lipinski definition) is 0. The van der Waals surface area contributed by atoms with Gasteiger partial charge >= 0.3 is 0 Å². The highest BCUT2D eigenvalue weighted by Gasteiger charge is 2.40. The third kappa shape index (κ3) is 2.59. The number of fused-ring (bicyclic) bond motifs is 3. The standard InChI is InChI=1S/C21H16BrN3O/c22-16-7-5-14(6-8-16)18-13-19-17-3-1-2-4-20(17)26-21(25(19)24-18)15-9-11-23-12-10-15/h1-12,19,21H,13H2/t19-,21+/m0/s1. The Morgan fingerprint density at radius 2 is 1.73 bits per heavy atom. The highest BCUT2D eigenvalue weighted by molar-refractivity contribution is 9.10. The molecule has 2 aromatic carbocycles. The first-order valence-electron chi connectivity index (χ1n) is 8.57. The second-order valence-corrected chi connectivity index (χ2v) is 7.36. The molecule has 4 nitrogen and oxygen atoms in total. The van der Waals surface area contributed by atoms with Crippen LogP contribution in [0.15, 0.2) is 82.6 Å². The zero-order chi connectivity index (χ0) is 17.5. The van der Waals surface area contributed by atoms with Crippen LogP contribution < -0.4 is 4.74 Å². The van der Waals surface area contributed by atoms with Gasteiger partial charge in [-0.1, -0.05) is 46.3 Å².